The number of aliphatic hydroxyl groups is 1. The molecular weight excluding hydrogens is 730 g/mol. The molecule has 1 amide bonds. The Morgan fingerprint density at radius 1 is 0.554 bits per heavy atom. The molecular formula is C41H49NO14. The quantitative estimate of drug-likeness (QED) is 0.151. The lowest BCUT2D eigenvalue weighted by Crippen LogP contribution is -2.67. The number of hydrogen-bond donors (Lipinski definition) is 2. The molecule has 2 N–H and O–H groups in total. The predicted molar refractivity (Wildman–Crippen MR) is 196 cm³/mol. The molecule has 2 saturated heterocycles. The third kappa shape index (κ3) is 12.4. The topological polar surface area (TPSA) is 184 Å². The lowest BCUT2D eigenvalue weighted by molar-refractivity contribution is -0.330. The van der Waals surface area contributed by atoms with E-state index in [2.05, 4.69) is 5.32 Å². The molecule has 15 nitrogen and oxygen atoms in total. The highest BCUT2D eigenvalue weighted by molar-refractivity contribution is 5.73. The van der Waals surface area contributed by atoms with Gasteiger partial charge in [-0.15, -0.1) is 0 Å². The zero-order valence-corrected chi connectivity index (χ0v) is 31.7. The highest BCUT2D eigenvalue weighted by Crippen LogP contribution is 2.32. The van der Waals surface area contributed by atoms with Gasteiger partial charge < -0.3 is 53.1 Å². The van der Waals surface area contributed by atoms with E-state index in [4.69, 9.17) is 42.6 Å². The smallest absolute Gasteiger partial charge is 0.303 e. The Balaban J connectivity index is 1.46. The van der Waals surface area contributed by atoms with Gasteiger partial charge in [0.1, 0.15) is 43.2 Å². The van der Waals surface area contributed by atoms with Crippen molar-refractivity contribution in [2.45, 2.75) is 109 Å². The second-order valence-electron chi connectivity index (χ2n) is 13.4. The molecule has 0 spiro atoms. The number of ether oxygens (including phenoxy) is 9. The van der Waals surface area contributed by atoms with E-state index in [-0.39, 0.29) is 26.4 Å². The summed E-state index contributed by atoms with van der Waals surface area (Å²) in [5, 5.41) is 14.2. The van der Waals surface area contributed by atoms with Crippen LogP contribution in [0.25, 0.3) is 0 Å². The molecule has 2 fully saturated rings. The Morgan fingerprint density at radius 3 is 1.50 bits per heavy atom. The van der Waals surface area contributed by atoms with E-state index >= 15 is 0 Å². The third-order valence-electron chi connectivity index (χ3n) is 8.96. The Bertz CT molecular complexity index is 1700. The number of benzene rings is 3. The zero-order valence-electron chi connectivity index (χ0n) is 31.7. The molecule has 56 heavy (non-hydrogen) atoms. The van der Waals surface area contributed by atoms with Crippen molar-refractivity contribution < 1.29 is 66.9 Å². The molecule has 2 heterocycles. The van der Waals surface area contributed by atoms with Gasteiger partial charge in [0.05, 0.1) is 26.4 Å². The summed E-state index contributed by atoms with van der Waals surface area (Å²) in [6.45, 7) is 4.43. The van der Waals surface area contributed by atoms with Crippen LogP contribution < -0.4 is 5.32 Å². The van der Waals surface area contributed by atoms with Gasteiger partial charge in [-0.3, -0.25) is 19.2 Å². The minimum atomic E-state index is -1.51. The van der Waals surface area contributed by atoms with Gasteiger partial charge in [0.15, 0.2) is 24.8 Å². The fraction of sp³-hybridized carbons (Fsp3) is 0.463. The van der Waals surface area contributed by atoms with E-state index in [0.29, 0.717) is 0 Å². The van der Waals surface area contributed by atoms with Crippen molar-refractivity contribution in [2.75, 3.05) is 13.2 Å². The van der Waals surface area contributed by atoms with Gasteiger partial charge in [-0.05, 0) is 16.7 Å². The van der Waals surface area contributed by atoms with Crippen LogP contribution in [0.3, 0.4) is 0 Å². The highest BCUT2D eigenvalue weighted by Gasteiger charge is 2.53. The number of amides is 1. The van der Waals surface area contributed by atoms with Gasteiger partial charge in [-0.1, -0.05) is 91.0 Å². The SMILES string of the molecule is CC(=O)N[C@H]1[C@H](OC[C@H]2O[C@H](O)[C@H](OCc3ccccc3)[C@@H](OCc3ccccc3)[C@@H]2OCc2ccccc2)O[C@H](COC(C)=O)[C@@H](OC(C)=O)[C@@H]1OC(C)=O. The van der Waals surface area contributed by atoms with E-state index in [1.54, 1.807) is 0 Å². The van der Waals surface area contributed by atoms with Gasteiger partial charge >= 0.3 is 17.9 Å². The van der Waals surface area contributed by atoms with Crippen molar-refractivity contribution in [3.63, 3.8) is 0 Å². The normalized spacial score (nSPS) is 27.4. The first kappa shape index (κ1) is 42.4. The Kier molecular flexibility index (Phi) is 15.9. The average molecular weight is 780 g/mol. The van der Waals surface area contributed by atoms with Gasteiger partial charge in [0.25, 0.3) is 0 Å². The maximum Gasteiger partial charge on any atom is 0.303 e. The molecule has 3 aromatic carbocycles. The summed E-state index contributed by atoms with van der Waals surface area (Å²) in [5.74, 6) is -2.67. The summed E-state index contributed by atoms with van der Waals surface area (Å²) in [6, 6.07) is 27.2. The molecule has 0 saturated carbocycles. The minimum absolute atomic E-state index is 0.134. The first-order valence-electron chi connectivity index (χ1n) is 18.3. The average Bonchev–Trinajstić information content (AvgIpc) is 3.17. The summed E-state index contributed by atoms with van der Waals surface area (Å²) in [6.07, 6.45) is -10.6. The largest absolute Gasteiger partial charge is 0.463 e. The molecule has 0 bridgehead atoms. The van der Waals surface area contributed by atoms with E-state index in [1.807, 2.05) is 91.0 Å². The zero-order chi connectivity index (χ0) is 40.0. The summed E-state index contributed by atoms with van der Waals surface area (Å²) in [5.41, 5.74) is 2.60. The Morgan fingerprint density at radius 2 is 1.02 bits per heavy atom. The molecule has 302 valence electrons. The third-order valence-corrected chi connectivity index (χ3v) is 8.96. The van der Waals surface area contributed by atoms with Crippen LogP contribution in [0.1, 0.15) is 44.4 Å². The van der Waals surface area contributed by atoms with Crippen molar-refractivity contribution in [1.29, 1.82) is 0 Å². The summed E-state index contributed by atoms with van der Waals surface area (Å²) < 4.78 is 54.4. The number of aliphatic hydroxyl groups excluding tert-OH is 1. The van der Waals surface area contributed by atoms with Crippen LogP contribution in [-0.2, 0) is 81.6 Å². The van der Waals surface area contributed by atoms with Gasteiger partial charge in [0.2, 0.25) is 5.91 Å². The van der Waals surface area contributed by atoms with Crippen molar-refractivity contribution in [2.24, 2.45) is 0 Å². The van der Waals surface area contributed by atoms with Crippen LogP contribution >= 0.6 is 0 Å². The maximum atomic E-state index is 12.5. The fourth-order valence-corrected chi connectivity index (χ4v) is 6.52. The molecule has 0 radical (unpaired) electrons. The van der Waals surface area contributed by atoms with Crippen molar-refractivity contribution in [1.82, 2.24) is 5.32 Å². The lowest BCUT2D eigenvalue weighted by Gasteiger charge is -2.47. The van der Waals surface area contributed by atoms with Crippen molar-refractivity contribution in [3.05, 3.63) is 108 Å². The number of carbonyl (C=O) groups is 4. The standard InChI is InChI=1S/C41H49NO14/c1-25(43)42-34-37(54-28(4)46)36(53-27(3)45)33(23-48-26(2)44)56-41(34)52-24-32-35(49-20-29-14-8-5-9-15-29)38(50-21-30-16-10-6-11-17-30)39(40(47)55-32)51-22-31-18-12-7-13-19-31/h5-19,32-41,47H,20-24H2,1-4H3,(H,42,43)/t32-,33-,34-,35-,36-,37-,38+,39-,40+,41-/m1/s1. The van der Waals surface area contributed by atoms with E-state index in [9.17, 15) is 24.3 Å². The summed E-state index contributed by atoms with van der Waals surface area (Å²) >= 11 is 0. The fourth-order valence-electron chi connectivity index (χ4n) is 6.52. The van der Waals surface area contributed by atoms with Crippen molar-refractivity contribution >= 4 is 23.8 Å². The molecule has 5 rings (SSSR count). The van der Waals surface area contributed by atoms with Gasteiger partial charge in [-0.2, -0.15) is 0 Å². The molecule has 0 unspecified atom stereocenters. The van der Waals surface area contributed by atoms with E-state index in [0.717, 1.165) is 30.5 Å². The Labute approximate surface area is 325 Å². The van der Waals surface area contributed by atoms with Gasteiger partial charge in [-0.25, -0.2) is 0 Å². The maximum absolute atomic E-state index is 12.5. The number of hydrogen-bond acceptors (Lipinski definition) is 14. The van der Waals surface area contributed by atoms with Crippen LogP contribution in [0.4, 0.5) is 0 Å². The van der Waals surface area contributed by atoms with E-state index in [1.165, 1.54) is 13.8 Å². The van der Waals surface area contributed by atoms with E-state index < -0.39 is 91.8 Å². The first-order chi connectivity index (χ1) is 27.0. The molecule has 10 atom stereocenters. The molecule has 15 heteroatoms. The lowest BCUT2D eigenvalue weighted by atomic mass is 9.95. The first-order valence-corrected chi connectivity index (χ1v) is 18.3. The Hall–Kier alpha value is -4.74. The molecule has 2 aliphatic heterocycles. The van der Waals surface area contributed by atoms with Gasteiger partial charge in [0, 0.05) is 27.7 Å². The second kappa shape index (κ2) is 21.0. The minimum Gasteiger partial charge on any atom is -0.463 e. The van der Waals surface area contributed by atoms with Crippen molar-refractivity contribution in [3.8, 4) is 0 Å². The highest BCUT2D eigenvalue weighted by atomic mass is 16.7. The van der Waals surface area contributed by atoms with Crippen LogP contribution in [-0.4, -0.2) is 103 Å². The van der Waals surface area contributed by atoms with Crippen LogP contribution in [0.5, 0.6) is 0 Å². The number of carbonyl (C=O) groups excluding carboxylic acids is 4. The molecule has 0 aromatic heterocycles. The molecule has 2 aliphatic rings. The van der Waals surface area contributed by atoms with Crippen LogP contribution in [0.15, 0.2) is 91.0 Å². The number of rotatable bonds is 17. The molecule has 3 aromatic rings. The summed E-state index contributed by atoms with van der Waals surface area (Å²) in [7, 11) is 0. The summed E-state index contributed by atoms with van der Waals surface area (Å²) in [4.78, 5) is 48.9. The molecule has 0 aliphatic carbocycles. The number of esters is 3. The predicted octanol–water partition coefficient (Wildman–Crippen LogP) is 3.13. The number of nitrogens with one attached hydrogen (secondary N) is 1. The monoisotopic (exact) mass is 779 g/mol. The van der Waals surface area contributed by atoms with Crippen LogP contribution in [0.2, 0.25) is 0 Å². The van der Waals surface area contributed by atoms with Crippen LogP contribution in [0, 0.1) is 0 Å². The second-order valence-corrected chi connectivity index (χ2v) is 13.4.